The first kappa shape index (κ1) is 11.6. The Hall–Kier alpha value is -0.520. The molecule has 0 aromatic carbocycles. The van der Waals surface area contributed by atoms with E-state index in [0.29, 0.717) is 12.1 Å². The summed E-state index contributed by atoms with van der Waals surface area (Å²) in [7, 11) is 0. The number of rotatable bonds is 3. The Morgan fingerprint density at radius 1 is 1.36 bits per heavy atom. The van der Waals surface area contributed by atoms with Crippen molar-refractivity contribution < 1.29 is 4.74 Å². The molecule has 1 rings (SSSR count). The average molecular weight is 195 g/mol. The zero-order valence-corrected chi connectivity index (χ0v) is 9.68. The SMILES string of the molecule is CC#CCNC1CC(OC(C)(C)C)C1. The largest absolute Gasteiger partial charge is 0.373 e. The molecule has 1 N–H and O–H groups in total. The zero-order chi connectivity index (χ0) is 10.6. The Balaban J connectivity index is 2.08. The molecule has 0 atom stereocenters. The molecule has 0 aromatic rings. The van der Waals surface area contributed by atoms with E-state index in [1.54, 1.807) is 0 Å². The fourth-order valence-electron chi connectivity index (χ4n) is 1.61. The molecule has 0 aliphatic heterocycles. The normalized spacial score (nSPS) is 26.3. The highest BCUT2D eigenvalue weighted by atomic mass is 16.5. The zero-order valence-electron chi connectivity index (χ0n) is 9.68. The second kappa shape index (κ2) is 4.82. The van der Waals surface area contributed by atoms with Gasteiger partial charge in [-0.1, -0.05) is 5.92 Å². The van der Waals surface area contributed by atoms with Crippen LogP contribution in [0, 0.1) is 11.8 Å². The van der Waals surface area contributed by atoms with E-state index in [4.69, 9.17) is 4.74 Å². The van der Waals surface area contributed by atoms with E-state index in [9.17, 15) is 0 Å². The van der Waals surface area contributed by atoms with Crippen molar-refractivity contribution in [3.05, 3.63) is 0 Å². The third kappa shape index (κ3) is 4.13. The smallest absolute Gasteiger partial charge is 0.0612 e. The maximum absolute atomic E-state index is 5.83. The van der Waals surface area contributed by atoms with Crippen LogP contribution in [0.4, 0.5) is 0 Å². The molecule has 0 aromatic heterocycles. The van der Waals surface area contributed by atoms with E-state index in [-0.39, 0.29) is 5.60 Å². The van der Waals surface area contributed by atoms with E-state index < -0.39 is 0 Å². The predicted molar refractivity (Wildman–Crippen MR) is 59.1 cm³/mol. The topological polar surface area (TPSA) is 21.3 Å². The molecule has 1 aliphatic carbocycles. The molecule has 0 heterocycles. The van der Waals surface area contributed by atoms with Crippen LogP contribution in [0.15, 0.2) is 0 Å². The summed E-state index contributed by atoms with van der Waals surface area (Å²) < 4.78 is 5.83. The fraction of sp³-hybridized carbons (Fsp3) is 0.833. The van der Waals surface area contributed by atoms with Gasteiger partial charge in [-0.2, -0.15) is 0 Å². The molecule has 2 heteroatoms. The Morgan fingerprint density at radius 3 is 2.50 bits per heavy atom. The Bertz CT molecular complexity index is 225. The summed E-state index contributed by atoms with van der Waals surface area (Å²) >= 11 is 0. The minimum absolute atomic E-state index is 0.00113. The van der Waals surface area contributed by atoms with Gasteiger partial charge in [-0.05, 0) is 40.5 Å². The third-order valence-corrected chi connectivity index (χ3v) is 2.27. The molecule has 1 aliphatic rings. The number of hydrogen-bond acceptors (Lipinski definition) is 2. The molecule has 0 radical (unpaired) electrons. The minimum atomic E-state index is -0.00113. The maximum Gasteiger partial charge on any atom is 0.0612 e. The monoisotopic (exact) mass is 195 g/mol. The first-order valence-corrected chi connectivity index (χ1v) is 5.32. The molecule has 0 unspecified atom stereocenters. The van der Waals surface area contributed by atoms with Gasteiger partial charge in [-0.15, -0.1) is 5.92 Å². The summed E-state index contributed by atoms with van der Waals surface area (Å²) in [5.74, 6) is 5.89. The molecule has 0 spiro atoms. The van der Waals surface area contributed by atoms with Gasteiger partial charge in [0.15, 0.2) is 0 Å². The summed E-state index contributed by atoms with van der Waals surface area (Å²) in [6, 6.07) is 0.614. The second-order valence-electron chi connectivity index (χ2n) is 4.83. The molecule has 2 nitrogen and oxygen atoms in total. The van der Waals surface area contributed by atoms with E-state index >= 15 is 0 Å². The van der Waals surface area contributed by atoms with E-state index in [0.717, 1.165) is 19.4 Å². The summed E-state index contributed by atoms with van der Waals surface area (Å²) in [5.41, 5.74) is -0.00113. The predicted octanol–water partition coefficient (Wildman–Crippen LogP) is 1.95. The molecular weight excluding hydrogens is 174 g/mol. The van der Waals surface area contributed by atoms with Crippen LogP contribution in [-0.2, 0) is 4.74 Å². The van der Waals surface area contributed by atoms with Crippen molar-refractivity contribution in [1.82, 2.24) is 5.32 Å². The van der Waals surface area contributed by atoms with Crippen LogP contribution in [0.1, 0.15) is 40.5 Å². The highest BCUT2D eigenvalue weighted by Crippen LogP contribution is 2.27. The summed E-state index contributed by atoms with van der Waals surface area (Å²) in [6.07, 6.45) is 2.70. The lowest BCUT2D eigenvalue weighted by atomic mass is 9.88. The number of hydrogen-bond donors (Lipinski definition) is 1. The number of nitrogens with one attached hydrogen (secondary N) is 1. The van der Waals surface area contributed by atoms with Crippen LogP contribution in [-0.4, -0.2) is 24.3 Å². The van der Waals surface area contributed by atoms with Gasteiger partial charge in [0, 0.05) is 6.04 Å². The molecule has 0 saturated heterocycles. The van der Waals surface area contributed by atoms with Gasteiger partial charge >= 0.3 is 0 Å². The van der Waals surface area contributed by atoms with Crippen molar-refractivity contribution in [3.63, 3.8) is 0 Å². The van der Waals surface area contributed by atoms with E-state index in [1.807, 2.05) is 6.92 Å². The van der Waals surface area contributed by atoms with Crippen molar-refractivity contribution in [1.29, 1.82) is 0 Å². The molecule has 80 valence electrons. The highest BCUT2D eigenvalue weighted by molar-refractivity contribution is 4.99. The first-order chi connectivity index (χ1) is 6.51. The van der Waals surface area contributed by atoms with Crippen molar-refractivity contribution in [3.8, 4) is 11.8 Å². The van der Waals surface area contributed by atoms with Crippen LogP contribution >= 0.6 is 0 Å². The van der Waals surface area contributed by atoms with E-state index in [1.165, 1.54) is 0 Å². The lowest BCUT2D eigenvalue weighted by Crippen LogP contribution is -2.47. The van der Waals surface area contributed by atoms with Crippen LogP contribution in [0.3, 0.4) is 0 Å². The van der Waals surface area contributed by atoms with Gasteiger partial charge < -0.3 is 10.1 Å². The Kier molecular flexibility index (Phi) is 3.97. The van der Waals surface area contributed by atoms with Crippen LogP contribution in [0.5, 0.6) is 0 Å². The standard InChI is InChI=1S/C12H21NO/c1-5-6-7-13-10-8-11(9-10)14-12(2,3)4/h10-11,13H,7-9H2,1-4H3. The van der Waals surface area contributed by atoms with Crippen molar-refractivity contribution in [2.75, 3.05) is 6.54 Å². The molecule has 0 bridgehead atoms. The van der Waals surface area contributed by atoms with Crippen LogP contribution in [0.2, 0.25) is 0 Å². The maximum atomic E-state index is 5.83. The lowest BCUT2D eigenvalue weighted by Gasteiger charge is -2.39. The van der Waals surface area contributed by atoms with Crippen molar-refractivity contribution >= 4 is 0 Å². The quantitative estimate of drug-likeness (QED) is 0.695. The second-order valence-corrected chi connectivity index (χ2v) is 4.83. The molecule has 1 fully saturated rings. The van der Waals surface area contributed by atoms with Gasteiger partial charge in [0.1, 0.15) is 0 Å². The third-order valence-electron chi connectivity index (χ3n) is 2.27. The van der Waals surface area contributed by atoms with Gasteiger partial charge in [0.2, 0.25) is 0 Å². The van der Waals surface area contributed by atoms with Gasteiger partial charge in [-0.25, -0.2) is 0 Å². The number of ether oxygens (including phenoxy) is 1. The highest BCUT2D eigenvalue weighted by Gasteiger charge is 2.32. The van der Waals surface area contributed by atoms with Crippen LogP contribution < -0.4 is 5.32 Å². The molecule has 14 heavy (non-hydrogen) atoms. The van der Waals surface area contributed by atoms with Gasteiger partial charge in [-0.3, -0.25) is 0 Å². The summed E-state index contributed by atoms with van der Waals surface area (Å²) in [5, 5.41) is 3.38. The van der Waals surface area contributed by atoms with Crippen molar-refractivity contribution in [2.45, 2.75) is 58.3 Å². The van der Waals surface area contributed by atoms with Gasteiger partial charge in [0.25, 0.3) is 0 Å². The van der Waals surface area contributed by atoms with Crippen molar-refractivity contribution in [2.24, 2.45) is 0 Å². The molecular formula is C12H21NO. The Labute approximate surface area is 87.4 Å². The summed E-state index contributed by atoms with van der Waals surface area (Å²) in [6.45, 7) is 9.00. The molecule has 1 saturated carbocycles. The van der Waals surface area contributed by atoms with Gasteiger partial charge in [0.05, 0.1) is 18.2 Å². The van der Waals surface area contributed by atoms with E-state index in [2.05, 4.69) is 37.9 Å². The lowest BCUT2D eigenvalue weighted by molar-refractivity contribution is -0.102. The van der Waals surface area contributed by atoms with Crippen LogP contribution in [0.25, 0.3) is 0 Å². The summed E-state index contributed by atoms with van der Waals surface area (Å²) in [4.78, 5) is 0. The Morgan fingerprint density at radius 2 is 2.00 bits per heavy atom. The first-order valence-electron chi connectivity index (χ1n) is 5.32. The fourth-order valence-corrected chi connectivity index (χ4v) is 1.61. The molecule has 0 amide bonds. The minimum Gasteiger partial charge on any atom is -0.373 e. The average Bonchev–Trinajstić information content (AvgIpc) is 1.97.